The number of carboxylic acids is 1. The number of nitriles is 1. The lowest BCUT2D eigenvalue weighted by atomic mass is 9.86. The third-order valence-corrected chi connectivity index (χ3v) is 9.46. The largest absolute Gasteiger partial charge is 0.480 e. The first-order valence-electron chi connectivity index (χ1n) is 11.5. The molecule has 0 aromatic heterocycles. The zero-order valence-corrected chi connectivity index (χ0v) is 20.7. The molecule has 1 saturated carbocycles. The minimum Gasteiger partial charge on any atom is -0.480 e. The van der Waals surface area contributed by atoms with Gasteiger partial charge in [-0.05, 0) is 41.5 Å². The monoisotopic (exact) mass is 495 g/mol. The zero-order valence-electron chi connectivity index (χ0n) is 19.9. The predicted octanol–water partition coefficient (Wildman–Crippen LogP) is 2.79. The molecule has 1 heterocycles. The quantitative estimate of drug-likeness (QED) is 0.627. The van der Waals surface area contributed by atoms with E-state index in [1.165, 1.54) is 17.0 Å². The highest BCUT2D eigenvalue weighted by atomic mass is 32.2. The number of aliphatic carboxylic acids is 1. The van der Waals surface area contributed by atoms with Crippen LogP contribution in [0.1, 0.15) is 50.8 Å². The molecule has 184 valence electrons. The van der Waals surface area contributed by atoms with Gasteiger partial charge in [0.15, 0.2) is 15.3 Å². The Kier molecular flexibility index (Phi) is 6.02. The summed E-state index contributed by atoms with van der Waals surface area (Å²) in [6.07, 6.45) is -0.105. The molecule has 8 nitrogen and oxygen atoms in total. The van der Waals surface area contributed by atoms with Gasteiger partial charge >= 0.3 is 5.97 Å². The second-order valence-corrected chi connectivity index (χ2v) is 12.6. The van der Waals surface area contributed by atoms with Crippen LogP contribution in [0.5, 0.6) is 0 Å². The summed E-state index contributed by atoms with van der Waals surface area (Å²) in [5.41, 5.74) is 5.52. The molecule has 1 aliphatic heterocycles. The summed E-state index contributed by atoms with van der Waals surface area (Å²) < 4.78 is 27.6. The van der Waals surface area contributed by atoms with Crippen LogP contribution >= 0.6 is 0 Å². The first kappa shape index (κ1) is 24.9. The topological polar surface area (TPSA) is 142 Å². The summed E-state index contributed by atoms with van der Waals surface area (Å²) in [7, 11) is -3.95. The Bertz CT molecular complexity index is 1300. The van der Waals surface area contributed by atoms with Crippen LogP contribution in [0.4, 0.5) is 0 Å². The number of carboxylic acid groups (broad SMARTS) is 1. The molecule has 0 spiro atoms. The Morgan fingerprint density at radius 3 is 2.17 bits per heavy atom. The van der Waals surface area contributed by atoms with E-state index in [0.717, 1.165) is 5.56 Å². The number of amides is 1. The average molecular weight is 496 g/mol. The zero-order chi connectivity index (χ0) is 25.8. The first-order chi connectivity index (χ1) is 16.3. The maximum Gasteiger partial charge on any atom is 0.320 e. The smallest absolute Gasteiger partial charge is 0.320 e. The number of carbonyl (C=O) groups is 2. The van der Waals surface area contributed by atoms with Crippen molar-refractivity contribution >= 4 is 21.7 Å². The molecule has 5 unspecified atom stereocenters. The van der Waals surface area contributed by atoms with Crippen molar-refractivity contribution < 1.29 is 23.1 Å². The number of likely N-dealkylation sites (tertiary alicyclic amines) is 1. The summed E-state index contributed by atoms with van der Waals surface area (Å²) in [6.45, 7) is 6.18. The summed E-state index contributed by atoms with van der Waals surface area (Å²) in [6, 6.07) is 14.5. The number of carbonyl (C=O) groups excluding carboxylic acids is 1. The van der Waals surface area contributed by atoms with Gasteiger partial charge in [-0.15, -0.1) is 0 Å². The molecule has 35 heavy (non-hydrogen) atoms. The summed E-state index contributed by atoms with van der Waals surface area (Å²) >= 11 is 0. The van der Waals surface area contributed by atoms with Crippen molar-refractivity contribution in [1.82, 2.24) is 4.90 Å². The van der Waals surface area contributed by atoms with Crippen LogP contribution in [0, 0.1) is 16.7 Å². The van der Waals surface area contributed by atoms with E-state index in [4.69, 9.17) is 5.73 Å². The minimum atomic E-state index is -3.95. The molecule has 4 rings (SSSR count). The number of hydrogen-bond acceptors (Lipinski definition) is 6. The normalized spacial score (nSPS) is 28.9. The van der Waals surface area contributed by atoms with Crippen molar-refractivity contribution in [2.75, 3.05) is 0 Å². The van der Waals surface area contributed by atoms with E-state index < -0.39 is 50.5 Å². The van der Waals surface area contributed by atoms with Gasteiger partial charge in [-0.25, -0.2) is 8.42 Å². The molecule has 5 atom stereocenters. The molecule has 0 bridgehead atoms. The van der Waals surface area contributed by atoms with E-state index in [2.05, 4.69) is 20.8 Å². The summed E-state index contributed by atoms with van der Waals surface area (Å²) in [4.78, 5) is 26.1. The molecule has 0 radical (unpaired) electrons. The molecule has 9 heteroatoms. The van der Waals surface area contributed by atoms with Gasteiger partial charge in [-0.1, -0.05) is 63.2 Å². The number of primary amides is 1. The number of benzene rings is 2. The molecule has 2 fully saturated rings. The van der Waals surface area contributed by atoms with Crippen molar-refractivity contribution in [1.29, 1.82) is 5.26 Å². The molecule has 2 aromatic rings. The van der Waals surface area contributed by atoms with Crippen LogP contribution in [0.3, 0.4) is 0 Å². The van der Waals surface area contributed by atoms with E-state index in [1.54, 1.807) is 18.2 Å². The number of sulfone groups is 1. The van der Waals surface area contributed by atoms with Crippen molar-refractivity contribution in [3.8, 4) is 6.07 Å². The number of nitrogens with zero attached hydrogens (tertiary/aromatic N) is 2. The summed E-state index contributed by atoms with van der Waals surface area (Å²) in [5.74, 6) is -2.03. The lowest BCUT2D eigenvalue weighted by Gasteiger charge is -2.32. The lowest BCUT2D eigenvalue weighted by molar-refractivity contribution is -0.143. The molecule has 1 saturated heterocycles. The molecule has 2 aromatic carbocycles. The molecular formula is C26H29N3O5S. The standard InChI is InChI=1S/C26H29N3O5S/c1-25(2,3)17-11-9-16(10-12-17)22-20(35(33,34)18-7-5-4-6-8-18)13-19(23(30)31)29(22)21-14-26(21,15-27)24(28)32/h4-12,19-22H,13-14H2,1-3H3,(H2,28,32)(H,30,31). The van der Waals surface area contributed by atoms with Crippen molar-refractivity contribution in [3.63, 3.8) is 0 Å². The van der Waals surface area contributed by atoms with Gasteiger partial charge in [-0.3, -0.25) is 14.5 Å². The van der Waals surface area contributed by atoms with E-state index in [9.17, 15) is 28.4 Å². The van der Waals surface area contributed by atoms with Crippen LogP contribution in [0.2, 0.25) is 0 Å². The lowest BCUT2D eigenvalue weighted by Crippen LogP contribution is -2.43. The molecule has 3 N–H and O–H groups in total. The molecule has 1 aliphatic carbocycles. The van der Waals surface area contributed by atoms with Crippen LogP contribution in [-0.4, -0.2) is 47.6 Å². The van der Waals surface area contributed by atoms with Crippen molar-refractivity contribution in [2.24, 2.45) is 11.1 Å². The maximum atomic E-state index is 13.8. The third kappa shape index (κ3) is 4.11. The fraction of sp³-hybridized carbons (Fsp3) is 0.423. The van der Waals surface area contributed by atoms with Crippen LogP contribution in [-0.2, 0) is 24.8 Å². The van der Waals surface area contributed by atoms with Gasteiger partial charge in [0.05, 0.1) is 22.3 Å². The van der Waals surface area contributed by atoms with Gasteiger partial charge in [0.2, 0.25) is 5.91 Å². The fourth-order valence-electron chi connectivity index (χ4n) is 5.19. The Hall–Kier alpha value is -3.22. The summed E-state index contributed by atoms with van der Waals surface area (Å²) in [5, 5.41) is 18.7. The second kappa shape index (κ2) is 8.47. The second-order valence-electron chi connectivity index (χ2n) is 10.4. The van der Waals surface area contributed by atoms with Gasteiger partial charge in [0.25, 0.3) is 0 Å². The van der Waals surface area contributed by atoms with Crippen LogP contribution < -0.4 is 5.73 Å². The van der Waals surface area contributed by atoms with Gasteiger partial charge < -0.3 is 10.8 Å². The van der Waals surface area contributed by atoms with E-state index in [1.807, 2.05) is 30.3 Å². The SMILES string of the molecule is CC(C)(C)c1ccc(C2C(S(=O)(=O)c3ccccc3)CC(C(=O)O)N2C2CC2(C#N)C(N)=O)cc1. The molecule has 1 amide bonds. The van der Waals surface area contributed by atoms with Crippen LogP contribution in [0.25, 0.3) is 0 Å². The highest BCUT2D eigenvalue weighted by molar-refractivity contribution is 7.92. The van der Waals surface area contributed by atoms with E-state index in [-0.39, 0.29) is 23.2 Å². The van der Waals surface area contributed by atoms with Crippen molar-refractivity contribution in [3.05, 3.63) is 65.7 Å². The Labute approximate surface area is 205 Å². The van der Waals surface area contributed by atoms with Gasteiger partial charge in [0.1, 0.15) is 6.04 Å². The molecular weight excluding hydrogens is 466 g/mol. The maximum absolute atomic E-state index is 13.8. The fourth-order valence-corrected chi connectivity index (χ4v) is 7.15. The van der Waals surface area contributed by atoms with E-state index >= 15 is 0 Å². The van der Waals surface area contributed by atoms with Crippen LogP contribution in [0.15, 0.2) is 59.5 Å². The number of hydrogen-bond donors (Lipinski definition) is 2. The Balaban J connectivity index is 1.87. The Morgan fingerprint density at radius 1 is 1.11 bits per heavy atom. The van der Waals surface area contributed by atoms with Gasteiger partial charge in [0, 0.05) is 6.04 Å². The highest BCUT2D eigenvalue weighted by Gasteiger charge is 2.68. The van der Waals surface area contributed by atoms with Gasteiger partial charge in [-0.2, -0.15) is 5.26 Å². The highest BCUT2D eigenvalue weighted by Crippen LogP contribution is 2.56. The predicted molar refractivity (Wildman–Crippen MR) is 129 cm³/mol. The Morgan fingerprint density at radius 2 is 1.71 bits per heavy atom. The number of rotatable bonds is 6. The average Bonchev–Trinajstić information content (AvgIpc) is 3.42. The van der Waals surface area contributed by atoms with Crippen molar-refractivity contribution in [2.45, 2.75) is 67.3 Å². The third-order valence-electron chi connectivity index (χ3n) is 7.29. The van der Waals surface area contributed by atoms with E-state index in [0.29, 0.717) is 5.56 Å². The number of nitrogens with two attached hydrogens (primary N) is 1. The minimum absolute atomic E-state index is 0.0668. The molecule has 2 aliphatic rings. The first-order valence-corrected chi connectivity index (χ1v) is 13.0.